The third-order valence-corrected chi connectivity index (χ3v) is 5.35. The first kappa shape index (κ1) is 21.2. The molecular formula is C24H20FN3O4. The molecule has 1 unspecified atom stereocenters. The Bertz CT molecular complexity index is 1410. The SMILES string of the molecule is Cc1cc2ccc(F)cc2c(Nc2ccc(CC(Nc3c(C)c(=O)c3=O)C(=O)O)cc2)n1. The minimum absolute atomic E-state index is 0.0605. The number of carboxylic acids is 1. The van der Waals surface area contributed by atoms with E-state index in [1.165, 1.54) is 19.1 Å². The molecule has 3 aromatic carbocycles. The van der Waals surface area contributed by atoms with E-state index in [2.05, 4.69) is 15.6 Å². The predicted octanol–water partition coefficient (Wildman–Crippen LogP) is 3.44. The lowest BCUT2D eigenvalue weighted by Crippen LogP contribution is -2.42. The zero-order valence-corrected chi connectivity index (χ0v) is 17.4. The Labute approximate surface area is 182 Å². The summed E-state index contributed by atoms with van der Waals surface area (Å²) in [5.74, 6) is -0.962. The fraction of sp³-hybridized carbons (Fsp3) is 0.167. The molecule has 0 amide bonds. The third kappa shape index (κ3) is 4.07. The summed E-state index contributed by atoms with van der Waals surface area (Å²) in [6, 6.07) is 12.4. The van der Waals surface area contributed by atoms with Gasteiger partial charge in [-0.3, -0.25) is 9.59 Å². The first-order valence-corrected chi connectivity index (χ1v) is 9.95. The van der Waals surface area contributed by atoms with Gasteiger partial charge in [0.05, 0.1) is 5.69 Å². The summed E-state index contributed by atoms with van der Waals surface area (Å²) in [5, 5.41) is 16.9. The van der Waals surface area contributed by atoms with Crippen molar-refractivity contribution in [1.82, 2.24) is 4.98 Å². The number of hydrogen-bond donors (Lipinski definition) is 3. The lowest BCUT2D eigenvalue weighted by atomic mass is 10.0. The van der Waals surface area contributed by atoms with Crippen LogP contribution in [0, 0.1) is 19.7 Å². The number of halogens is 1. The maximum atomic E-state index is 13.7. The number of anilines is 3. The normalized spacial score (nSPS) is 12.1. The van der Waals surface area contributed by atoms with E-state index in [1.54, 1.807) is 30.3 Å². The highest BCUT2D eigenvalue weighted by atomic mass is 19.1. The van der Waals surface area contributed by atoms with Crippen LogP contribution in [0.25, 0.3) is 10.8 Å². The minimum Gasteiger partial charge on any atom is -0.480 e. The molecule has 0 bridgehead atoms. The Morgan fingerprint density at radius 1 is 1.06 bits per heavy atom. The van der Waals surface area contributed by atoms with Crippen molar-refractivity contribution in [2.24, 2.45) is 0 Å². The van der Waals surface area contributed by atoms with Crippen LogP contribution in [0.1, 0.15) is 16.8 Å². The van der Waals surface area contributed by atoms with Gasteiger partial charge in [0.25, 0.3) is 0 Å². The summed E-state index contributed by atoms with van der Waals surface area (Å²) in [4.78, 5) is 39.1. The van der Waals surface area contributed by atoms with Crippen molar-refractivity contribution in [1.29, 1.82) is 0 Å². The number of aliphatic carboxylic acids is 1. The molecule has 1 atom stereocenters. The number of benzene rings is 2. The van der Waals surface area contributed by atoms with E-state index in [0.717, 1.165) is 16.6 Å². The number of pyridine rings is 1. The van der Waals surface area contributed by atoms with E-state index >= 15 is 0 Å². The second-order valence-corrected chi connectivity index (χ2v) is 7.70. The molecule has 0 aliphatic carbocycles. The molecule has 1 aromatic heterocycles. The summed E-state index contributed by atoms with van der Waals surface area (Å²) in [6.07, 6.45) is 0.116. The van der Waals surface area contributed by atoms with Gasteiger partial charge in [-0.05, 0) is 55.1 Å². The maximum absolute atomic E-state index is 13.7. The predicted molar refractivity (Wildman–Crippen MR) is 121 cm³/mol. The molecule has 0 aliphatic rings. The standard InChI is InChI=1S/C24H20FN3O4/c1-12-9-15-5-6-16(25)11-18(15)23(26-12)27-17-7-3-14(4-8-17)10-19(24(31)32)28-20-13(2)21(29)22(20)30/h3-9,11,19,28H,10H2,1-2H3,(H,26,27)(H,31,32). The second-order valence-electron chi connectivity index (χ2n) is 7.70. The van der Waals surface area contributed by atoms with Crippen molar-refractivity contribution in [3.63, 3.8) is 0 Å². The monoisotopic (exact) mass is 433 g/mol. The lowest BCUT2D eigenvalue weighted by Gasteiger charge is -2.18. The second kappa shape index (κ2) is 8.22. The number of carboxylic acid groups (broad SMARTS) is 1. The van der Waals surface area contributed by atoms with Crippen molar-refractivity contribution in [3.8, 4) is 0 Å². The molecule has 8 heteroatoms. The molecule has 0 spiro atoms. The summed E-state index contributed by atoms with van der Waals surface area (Å²) >= 11 is 0. The number of nitrogens with one attached hydrogen (secondary N) is 2. The van der Waals surface area contributed by atoms with Gasteiger partial charge in [0.1, 0.15) is 17.7 Å². The molecule has 7 nitrogen and oxygen atoms in total. The zero-order chi connectivity index (χ0) is 23.0. The molecule has 0 saturated carbocycles. The summed E-state index contributed by atoms with van der Waals surface area (Å²) in [5.41, 5.74) is 1.23. The summed E-state index contributed by atoms with van der Waals surface area (Å²) < 4.78 is 13.7. The van der Waals surface area contributed by atoms with Gasteiger partial charge in [-0.15, -0.1) is 0 Å². The van der Waals surface area contributed by atoms with Crippen LogP contribution in [0.5, 0.6) is 0 Å². The van der Waals surface area contributed by atoms with Gasteiger partial charge in [-0.2, -0.15) is 0 Å². The van der Waals surface area contributed by atoms with Gasteiger partial charge >= 0.3 is 5.97 Å². The molecule has 1 heterocycles. The van der Waals surface area contributed by atoms with Crippen molar-refractivity contribution in [2.45, 2.75) is 26.3 Å². The van der Waals surface area contributed by atoms with Gasteiger partial charge in [0, 0.05) is 28.8 Å². The van der Waals surface area contributed by atoms with Crippen LogP contribution in [0.15, 0.2) is 58.1 Å². The number of aromatic nitrogens is 1. The number of rotatable bonds is 7. The number of aryl methyl sites for hydroxylation is 1. The fourth-order valence-electron chi connectivity index (χ4n) is 3.60. The fourth-order valence-corrected chi connectivity index (χ4v) is 3.60. The first-order chi connectivity index (χ1) is 15.2. The molecule has 0 saturated heterocycles. The Balaban J connectivity index is 1.53. The van der Waals surface area contributed by atoms with Gasteiger partial charge in [-0.1, -0.05) is 18.2 Å². The van der Waals surface area contributed by atoms with Crippen LogP contribution >= 0.6 is 0 Å². The molecule has 4 aromatic rings. The Morgan fingerprint density at radius 3 is 2.44 bits per heavy atom. The van der Waals surface area contributed by atoms with Gasteiger partial charge in [-0.25, -0.2) is 14.2 Å². The number of carbonyl (C=O) groups is 1. The highest BCUT2D eigenvalue weighted by molar-refractivity contribution is 5.93. The average Bonchev–Trinajstić information content (AvgIpc) is 2.77. The summed E-state index contributed by atoms with van der Waals surface area (Å²) in [6.45, 7) is 3.34. The number of fused-ring (bicyclic) bond motifs is 1. The quantitative estimate of drug-likeness (QED) is 0.383. The maximum Gasteiger partial charge on any atom is 0.326 e. The van der Waals surface area contributed by atoms with Gasteiger partial charge in [0.15, 0.2) is 0 Å². The molecular weight excluding hydrogens is 413 g/mol. The molecule has 32 heavy (non-hydrogen) atoms. The van der Waals surface area contributed by atoms with Gasteiger partial charge < -0.3 is 15.7 Å². The van der Waals surface area contributed by atoms with Crippen LogP contribution in [-0.2, 0) is 11.2 Å². The number of nitrogens with zero attached hydrogens (tertiary/aromatic N) is 1. The van der Waals surface area contributed by atoms with E-state index < -0.39 is 22.9 Å². The van der Waals surface area contributed by atoms with Crippen LogP contribution in [-0.4, -0.2) is 22.1 Å². The zero-order valence-electron chi connectivity index (χ0n) is 17.4. The highest BCUT2D eigenvalue weighted by Crippen LogP contribution is 2.27. The van der Waals surface area contributed by atoms with Crippen molar-refractivity contribution in [2.75, 3.05) is 10.6 Å². The molecule has 3 N–H and O–H groups in total. The Kier molecular flexibility index (Phi) is 5.44. The average molecular weight is 433 g/mol. The van der Waals surface area contributed by atoms with Crippen molar-refractivity contribution >= 4 is 33.9 Å². The summed E-state index contributed by atoms with van der Waals surface area (Å²) in [7, 11) is 0. The topological polar surface area (TPSA) is 108 Å². The largest absolute Gasteiger partial charge is 0.480 e. The molecule has 0 radical (unpaired) electrons. The van der Waals surface area contributed by atoms with Crippen LogP contribution in [0.2, 0.25) is 0 Å². The van der Waals surface area contributed by atoms with E-state index in [4.69, 9.17) is 0 Å². The highest BCUT2D eigenvalue weighted by Gasteiger charge is 2.24. The molecule has 0 aliphatic heterocycles. The molecule has 162 valence electrons. The molecule has 0 fully saturated rings. The number of hydrogen-bond acceptors (Lipinski definition) is 6. The smallest absolute Gasteiger partial charge is 0.326 e. The van der Waals surface area contributed by atoms with Crippen LogP contribution in [0.3, 0.4) is 0 Å². The van der Waals surface area contributed by atoms with Gasteiger partial charge in [0.2, 0.25) is 10.9 Å². The van der Waals surface area contributed by atoms with E-state index in [1.807, 2.05) is 13.0 Å². The molecule has 4 rings (SSSR count). The Hall–Kier alpha value is -4.07. The van der Waals surface area contributed by atoms with Crippen LogP contribution < -0.4 is 21.5 Å². The van der Waals surface area contributed by atoms with Crippen LogP contribution in [0.4, 0.5) is 21.6 Å². The Morgan fingerprint density at radius 2 is 1.78 bits per heavy atom. The van der Waals surface area contributed by atoms with E-state index in [0.29, 0.717) is 16.9 Å². The van der Waals surface area contributed by atoms with E-state index in [-0.39, 0.29) is 23.5 Å². The lowest BCUT2D eigenvalue weighted by molar-refractivity contribution is -0.137. The minimum atomic E-state index is -1.13. The first-order valence-electron chi connectivity index (χ1n) is 9.95. The van der Waals surface area contributed by atoms with Crippen molar-refractivity contribution in [3.05, 3.63) is 91.6 Å². The van der Waals surface area contributed by atoms with Crippen molar-refractivity contribution < 1.29 is 14.3 Å². The third-order valence-electron chi connectivity index (χ3n) is 5.35. The van der Waals surface area contributed by atoms with E-state index in [9.17, 15) is 23.9 Å².